The number of nitrogens with one attached hydrogen (secondary N) is 1. The number of ether oxygens (including phenoxy) is 1. The minimum atomic E-state index is -1.92. The van der Waals surface area contributed by atoms with Gasteiger partial charge in [-0.1, -0.05) is 118 Å². The zero-order valence-corrected chi connectivity index (χ0v) is 25.0. The lowest BCUT2D eigenvalue weighted by Gasteiger charge is -2.37. The van der Waals surface area contributed by atoms with Gasteiger partial charge in [0.05, 0.1) is 13.2 Å². The third-order valence-corrected chi connectivity index (χ3v) is 11.6. The number of rotatable bonds is 22. The first-order chi connectivity index (χ1) is 16.0. The fourth-order valence-electron chi connectivity index (χ4n) is 3.65. The summed E-state index contributed by atoms with van der Waals surface area (Å²) in [4.78, 5) is 12.6. The van der Waals surface area contributed by atoms with Gasteiger partial charge in [-0.05, 0) is 30.5 Å². The van der Waals surface area contributed by atoms with E-state index in [4.69, 9.17) is 9.16 Å². The van der Waals surface area contributed by atoms with Crippen LogP contribution in [0, 0.1) is 5.92 Å². The molecule has 5 heteroatoms. The second-order valence-electron chi connectivity index (χ2n) is 11.9. The topological polar surface area (TPSA) is 47.6 Å². The standard InChI is InChI=1S/C29H59NO3Si/c1-9-24-32-27(25-33-34(7,8)29(4,5)6)28(31)30-23-21-19-17-15-13-11-10-12-14-16-18-20-22-26(2)3/h9,26-27H,1,10-25H2,2-8H3,(H,30,31)/t27-/m1/s1. The second-order valence-corrected chi connectivity index (χ2v) is 16.7. The lowest BCUT2D eigenvalue weighted by atomic mass is 10.0. The van der Waals surface area contributed by atoms with Crippen molar-refractivity contribution in [2.75, 3.05) is 19.8 Å². The van der Waals surface area contributed by atoms with Gasteiger partial charge >= 0.3 is 0 Å². The molecule has 34 heavy (non-hydrogen) atoms. The van der Waals surface area contributed by atoms with Crippen LogP contribution in [0.1, 0.15) is 118 Å². The first-order valence-electron chi connectivity index (χ1n) is 14.2. The summed E-state index contributed by atoms with van der Waals surface area (Å²) in [6.07, 6.45) is 18.5. The number of carbonyl (C=O) groups is 1. The van der Waals surface area contributed by atoms with Crippen molar-refractivity contribution >= 4 is 14.2 Å². The van der Waals surface area contributed by atoms with Crippen LogP contribution in [0.3, 0.4) is 0 Å². The van der Waals surface area contributed by atoms with Crippen molar-refractivity contribution in [3.63, 3.8) is 0 Å². The summed E-state index contributed by atoms with van der Waals surface area (Å²) in [5, 5.41) is 3.16. The predicted molar refractivity (Wildman–Crippen MR) is 151 cm³/mol. The van der Waals surface area contributed by atoms with Crippen molar-refractivity contribution < 1.29 is 14.0 Å². The molecule has 0 aliphatic rings. The molecule has 0 heterocycles. The number of hydrogen-bond donors (Lipinski definition) is 1. The average Bonchev–Trinajstić information content (AvgIpc) is 2.75. The molecule has 1 amide bonds. The van der Waals surface area contributed by atoms with Crippen LogP contribution in [0.2, 0.25) is 18.1 Å². The third kappa shape index (κ3) is 17.7. The molecule has 0 rings (SSSR count). The quantitative estimate of drug-likeness (QED) is 0.0927. The number of hydrogen-bond acceptors (Lipinski definition) is 3. The van der Waals surface area contributed by atoms with Crippen LogP contribution in [-0.4, -0.2) is 40.1 Å². The van der Waals surface area contributed by atoms with Gasteiger partial charge in [0.2, 0.25) is 0 Å². The number of carbonyl (C=O) groups excluding carboxylic acids is 1. The van der Waals surface area contributed by atoms with Crippen molar-refractivity contribution in [2.45, 2.75) is 142 Å². The fraction of sp³-hybridized carbons (Fsp3) is 0.897. The average molecular weight is 498 g/mol. The maximum Gasteiger partial charge on any atom is 0.251 e. The molecule has 0 fully saturated rings. The molecule has 0 unspecified atom stereocenters. The van der Waals surface area contributed by atoms with Crippen LogP contribution in [0.15, 0.2) is 12.7 Å². The minimum absolute atomic E-state index is 0.0650. The van der Waals surface area contributed by atoms with E-state index in [0.29, 0.717) is 19.8 Å². The van der Waals surface area contributed by atoms with Crippen molar-refractivity contribution in [2.24, 2.45) is 5.92 Å². The van der Waals surface area contributed by atoms with E-state index in [1.807, 2.05) is 0 Å². The van der Waals surface area contributed by atoms with Crippen LogP contribution in [0.25, 0.3) is 0 Å². The van der Waals surface area contributed by atoms with Gasteiger partial charge < -0.3 is 14.5 Å². The van der Waals surface area contributed by atoms with Crippen molar-refractivity contribution in [1.82, 2.24) is 5.32 Å². The van der Waals surface area contributed by atoms with Gasteiger partial charge in [-0.2, -0.15) is 0 Å². The number of amides is 1. The Bertz CT molecular complexity index is 514. The maximum atomic E-state index is 12.6. The van der Waals surface area contributed by atoms with Gasteiger partial charge in [0, 0.05) is 6.54 Å². The van der Waals surface area contributed by atoms with Crippen LogP contribution in [0.4, 0.5) is 0 Å². The molecule has 0 aliphatic carbocycles. The van der Waals surface area contributed by atoms with Crippen LogP contribution < -0.4 is 5.32 Å². The smallest absolute Gasteiger partial charge is 0.251 e. The van der Waals surface area contributed by atoms with Crippen LogP contribution >= 0.6 is 0 Å². The SMILES string of the molecule is C=CCO[C@H](CO[Si](C)(C)C(C)(C)C)C(=O)NCCCCCCCCCCCCCCC(C)C. The summed E-state index contributed by atoms with van der Waals surface area (Å²) in [7, 11) is -1.92. The highest BCUT2D eigenvalue weighted by molar-refractivity contribution is 6.74. The molecular formula is C29H59NO3Si. The van der Waals surface area contributed by atoms with Gasteiger partial charge in [-0.3, -0.25) is 4.79 Å². The Morgan fingerprint density at radius 2 is 1.35 bits per heavy atom. The molecule has 0 aromatic rings. The zero-order valence-electron chi connectivity index (χ0n) is 24.0. The van der Waals surface area contributed by atoms with Crippen molar-refractivity contribution in [3.05, 3.63) is 12.7 Å². The van der Waals surface area contributed by atoms with E-state index < -0.39 is 14.4 Å². The summed E-state index contributed by atoms with van der Waals surface area (Å²) < 4.78 is 11.9. The first kappa shape index (κ1) is 33.3. The lowest BCUT2D eigenvalue weighted by molar-refractivity contribution is -0.134. The maximum absolute atomic E-state index is 12.6. The van der Waals surface area contributed by atoms with Crippen LogP contribution in [-0.2, 0) is 14.0 Å². The Balaban J connectivity index is 3.82. The Hall–Kier alpha value is -0.653. The van der Waals surface area contributed by atoms with Gasteiger partial charge in [-0.15, -0.1) is 6.58 Å². The molecule has 0 bridgehead atoms. The van der Waals surface area contributed by atoms with Gasteiger partial charge in [-0.25, -0.2) is 0 Å². The molecular weight excluding hydrogens is 438 g/mol. The normalized spacial score (nSPS) is 13.3. The molecule has 202 valence electrons. The molecule has 1 atom stereocenters. The minimum Gasteiger partial charge on any atom is -0.414 e. The van der Waals surface area contributed by atoms with E-state index in [9.17, 15) is 4.79 Å². The summed E-state index contributed by atoms with van der Waals surface area (Å²) in [5.41, 5.74) is 0. The molecule has 0 spiro atoms. The van der Waals surface area contributed by atoms with E-state index in [-0.39, 0.29) is 10.9 Å². The van der Waals surface area contributed by atoms with Crippen LogP contribution in [0.5, 0.6) is 0 Å². The van der Waals surface area contributed by atoms with E-state index in [1.54, 1.807) is 6.08 Å². The second kappa shape index (κ2) is 19.5. The van der Waals surface area contributed by atoms with Gasteiger partial charge in [0.25, 0.3) is 5.91 Å². The van der Waals surface area contributed by atoms with E-state index in [2.05, 4.69) is 59.6 Å². The Morgan fingerprint density at radius 1 is 0.882 bits per heavy atom. The first-order valence-corrected chi connectivity index (χ1v) is 17.1. The number of unbranched alkanes of at least 4 members (excludes halogenated alkanes) is 11. The van der Waals surface area contributed by atoms with E-state index in [0.717, 1.165) is 12.3 Å². The van der Waals surface area contributed by atoms with Crippen molar-refractivity contribution in [1.29, 1.82) is 0 Å². The fourth-order valence-corrected chi connectivity index (χ4v) is 4.66. The molecule has 0 saturated carbocycles. The van der Waals surface area contributed by atoms with E-state index in [1.165, 1.54) is 77.0 Å². The van der Waals surface area contributed by atoms with Crippen molar-refractivity contribution in [3.8, 4) is 0 Å². The summed E-state index contributed by atoms with van der Waals surface area (Å²) in [6, 6.07) is 0. The highest BCUT2D eigenvalue weighted by Crippen LogP contribution is 2.36. The van der Waals surface area contributed by atoms with Gasteiger partial charge in [0.1, 0.15) is 0 Å². The zero-order chi connectivity index (χ0) is 25.9. The largest absolute Gasteiger partial charge is 0.414 e. The Morgan fingerprint density at radius 3 is 1.79 bits per heavy atom. The summed E-state index contributed by atoms with van der Waals surface area (Å²) in [6.45, 7) is 20.7. The Kier molecular flexibility index (Phi) is 19.2. The molecule has 4 nitrogen and oxygen atoms in total. The lowest BCUT2D eigenvalue weighted by Crippen LogP contribution is -2.46. The molecule has 1 N–H and O–H groups in total. The third-order valence-electron chi connectivity index (χ3n) is 7.12. The molecule has 0 aromatic heterocycles. The molecule has 0 radical (unpaired) electrons. The molecule has 0 aliphatic heterocycles. The highest BCUT2D eigenvalue weighted by atomic mass is 28.4. The molecule has 0 aromatic carbocycles. The monoisotopic (exact) mass is 497 g/mol. The van der Waals surface area contributed by atoms with Gasteiger partial charge in [0.15, 0.2) is 14.4 Å². The molecule has 0 saturated heterocycles. The highest BCUT2D eigenvalue weighted by Gasteiger charge is 2.38. The Labute approximate surface area is 214 Å². The summed E-state index contributed by atoms with van der Waals surface area (Å²) >= 11 is 0. The van der Waals surface area contributed by atoms with E-state index >= 15 is 0 Å². The predicted octanol–water partition coefficient (Wildman–Crippen LogP) is 8.42. The summed E-state index contributed by atoms with van der Waals surface area (Å²) in [5.74, 6) is 0.793.